The molecule has 0 heterocycles. The molecular weight excluding hydrogens is 124 g/mol. The smallest absolute Gasteiger partial charge is 0.420 e. The van der Waals surface area contributed by atoms with Gasteiger partial charge in [0.2, 0.25) is 6.29 Å². The van der Waals surface area contributed by atoms with Gasteiger partial charge in [0.15, 0.2) is 0 Å². The van der Waals surface area contributed by atoms with Crippen molar-refractivity contribution in [2.45, 2.75) is 20.1 Å². The molecule has 0 aliphatic carbocycles. The van der Waals surface area contributed by atoms with Gasteiger partial charge in [0, 0.05) is 13.8 Å². The van der Waals surface area contributed by atoms with Crippen LogP contribution in [0.2, 0.25) is 0 Å². The van der Waals surface area contributed by atoms with E-state index in [1.165, 1.54) is 13.8 Å². The number of esters is 1. The van der Waals surface area contributed by atoms with E-state index in [2.05, 4.69) is 9.47 Å². The van der Waals surface area contributed by atoms with Gasteiger partial charge < -0.3 is 9.47 Å². The maximum absolute atomic E-state index is 10.1. The summed E-state index contributed by atoms with van der Waals surface area (Å²) >= 11 is 0. The van der Waals surface area contributed by atoms with Gasteiger partial charge in [-0.15, -0.1) is 0 Å². The molecule has 1 unspecified atom stereocenters. The normalized spacial score (nSPS) is 11.8. The molecule has 1 radical (unpaired) electrons. The number of hydrogen-bond acceptors (Lipinski definition) is 4. The summed E-state index contributed by atoms with van der Waals surface area (Å²) in [4.78, 5) is 19.6. The molecule has 51 valence electrons. The quantitative estimate of drug-likeness (QED) is 0.399. The minimum atomic E-state index is -0.833. The van der Waals surface area contributed by atoms with Crippen LogP contribution in [-0.2, 0) is 19.1 Å². The zero-order chi connectivity index (χ0) is 7.28. The van der Waals surface area contributed by atoms with E-state index < -0.39 is 12.3 Å². The standard InChI is InChI=1S/C5H7O4/c1-4(7)9-5(2)8-3-6/h5H,1-2H3. The van der Waals surface area contributed by atoms with Crippen molar-refractivity contribution in [2.24, 2.45) is 0 Å². The Bertz CT molecular complexity index is 110. The van der Waals surface area contributed by atoms with E-state index in [-0.39, 0.29) is 0 Å². The molecule has 0 aliphatic rings. The van der Waals surface area contributed by atoms with E-state index >= 15 is 0 Å². The van der Waals surface area contributed by atoms with Crippen molar-refractivity contribution < 1.29 is 19.1 Å². The van der Waals surface area contributed by atoms with Crippen LogP contribution in [0.4, 0.5) is 0 Å². The van der Waals surface area contributed by atoms with Crippen LogP contribution in [0, 0.1) is 0 Å². The van der Waals surface area contributed by atoms with Gasteiger partial charge in [-0.05, 0) is 0 Å². The first-order valence-electron chi connectivity index (χ1n) is 2.37. The lowest BCUT2D eigenvalue weighted by atomic mass is 10.7. The molecule has 0 aromatic rings. The predicted octanol–water partition coefficient (Wildman–Crippen LogP) is -0.0207. The van der Waals surface area contributed by atoms with Crippen molar-refractivity contribution in [3.8, 4) is 0 Å². The molecule has 0 spiro atoms. The average molecular weight is 131 g/mol. The van der Waals surface area contributed by atoms with E-state index in [1.54, 1.807) is 0 Å². The van der Waals surface area contributed by atoms with Crippen molar-refractivity contribution in [1.82, 2.24) is 0 Å². The summed E-state index contributed by atoms with van der Waals surface area (Å²) in [7, 11) is 0. The summed E-state index contributed by atoms with van der Waals surface area (Å²) in [6.45, 7) is 3.80. The van der Waals surface area contributed by atoms with Crippen LogP contribution in [0.1, 0.15) is 13.8 Å². The molecule has 0 aromatic heterocycles. The van der Waals surface area contributed by atoms with E-state index in [0.717, 1.165) is 6.47 Å². The van der Waals surface area contributed by atoms with Crippen LogP contribution in [0.25, 0.3) is 0 Å². The summed E-state index contributed by atoms with van der Waals surface area (Å²) in [6.07, 6.45) is -0.833. The second-order valence-electron chi connectivity index (χ2n) is 1.38. The van der Waals surface area contributed by atoms with Gasteiger partial charge >= 0.3 is 12.4 Å². The van der Waals surface area contributed by atoms with Crippen LogP contribution in [0.5, 0.6) is 0 Å². The third kappa shape index (κ3) is 4.80. The molecule has 0 amide bonds. The summed E-state index contributed by atoms with van der Waals surface area (Å²) in [6, 6.07) is 0. The topological polar surface area (TPSA) is 52.6 Å². The summed E-state index contributed by atoms with van der Waals surface area (Å²) < 4.78 is 8.47. The van der Waals surface area contributed by atoms with Gasteiger partial charge in [-0.1, -0.05) is 0 Å². The molecule has 0 rings (SSSR count). The predicted molar refractivity (Wildman–Crippen MR) is 28.0 cm³/mol. The molecule has 4 nitrogen and oxygen atoms in total. The third-order valence-corrected chi connectivity index (χ3v) is 0.546. The Morgan fingerprint density at radius 1 is 1.67 bits per heavy atom. The Labute approximate surface area is 52.7 Å². The molecule has 0 saturated carbocycles. The van der Waals surface area contributed by atoms with Crippen molar-refractivity contribution in [1.29, 1.82) is 0 Å². The highest BCUT2D eigenvalue weighted by Crippen LogP contribution is 1.89. The van der Waals surface area contributed by atoms with E-state index in [1.807, 2.05) is 0 Å². The number of ether oxygens (including phenoxy) is 2. The molecule has 0 saturated heterocycles. The van der Waals surface area contributed by atoms with E-state index in [4.69, 9.17) is 0 Å². The maximum atomic E-state index is 10.1. The lowest BCUT2D eigenvalue weighted by molar-refractivity contribution is -0.159. The van der Waals surface area contributed by atoms with E-state index in [0.29, 0.717) is 0 Å². The summed E-state index contributed by atoms with van der Waals surface area (Å²) in [5.41, 5.74) is 0. The maximum Gasteiger partial charge on any atom is 0.420 e. The van der Waals surface area contributed by atoms with Gasteiger partial charge in [0.1, 0.15) is 0 Å². The number of hydrogen-bond donors (Lipinski definition) is 0. The van der Waals surface area contributed by atoms with Crippen LogP contribution in [0.15, 0.2) is 0 Å². The highest BCUT2D eigenvalue weighted by molar-refractivity contribution is 5.66. The fourth-order valence-electron chi connectivity index (χ4n) is 0.326. The SMILES string of the molecule is CC(=O)OC(C)O[C]=O. The minimum absolute atomic E-state index is 0.488. The molecule has 0 N–H and O–H groups in total. The van der Waals surface area contributed by atoms with Gasteiger partial charge in [-0.25, -0.2) is 4.79 Å². The zero-order valence-electron chi connectivity index (χ0n) is 5.21. The Balaban J connectivity index is 3.37. The van der Waals surface area contributed by atoms with Crippen LogP contribution < -0.4 is 0 Å². The first-order chi connectivity index (χ1) is 4.16. The average Bonchev–Trinajstić information content (AvgIpc) is 1.63. The monoisotopic (exact) mass is 131 g/mol. The highest BCUT2D eigenvalue weighted by Gasteiger charge is 2.03. The molecule has 9 heavy (non-hydrogen) atoms. The number of carbonyl (C=O) groups is 1. The fraction of sp³-hybridized carbons (Fsp3) is 0.600. The third-order valence-electron chi connectivity index (χ3n) is 0.546. The summed E-state index contributed by atoms with van der Waals surface area (Å²) in [5.74, 6) is -0.488. The first kappa shape index (κ1) is 7.94. The Morgan fingerprint density at radius 3 is 2.56 bits per heavy atom. The second-order valence-corrected chi connectivity index (χ2v) is 1.38. The Morgan fingerprint density at radius 2 is 2.22 bits per heavy atom. The largest absolute Gasteiger partial charge is 0.426 e. The van der Waals surface area contributed by atoms with Crippen molar-refractivity contribution in [3.05, 3.63) is 0 Å². The molecule has 0 aromatic carbocycles. The summed E-state index contributed by atoms with van der Waals surface area (Å²) in [5, 5.41) is 0. The van der Waals surface area contributed by atoms with Gasteiger partial charge in [-0.3, -0.25) is 4.79 Å². The second kappa shape index (κ2) is 3.88. The van der Waals surface area contributed by atoms with Crippen LogP contribution >= 0.6 is 0 Å². The van der Waals surface area contributed by atoms with Crippen molar-refractivity contribution >= 4 is 12.4 Å². The first-order valence-corrected chi connectivity index (χ1v) is 2.37. The molecular formula is C5H7O4. The molecule has 0 fully saturated rings. The van der Waals surface area contributed by atoms with Crippen molar-refractivity contribution in [2.75, 3.05) is 0 Å². The van der Waals surface area contributed by atoms with Gasteiger partial charge in [-0.2, -0.15) is 0 Å². The van der Waals surface area contributed by atoms with Gasteiger partial charge in [0.25, 0.3) is 0 Å². The Kier molecular flexibility index (Phi) is 3.43. The van der Waals surface area contributed by atoms with Crippen LogP contribution in [0.3, 0.4) is 0 Å². The lowest BCUT2D eigenvalue weighted by Gasteiger charge is -2.06. The Hall–Kier alpha value is -1.06. The van der Waals surface area contributed by atoms with Crippen LogP contribution in [-0.4, -0.2) is 18.7 Å². The van der Waals surface area contributed by atoms with Crippen molar-refractivity contribution in [3.63, 3.8) is 0 Å². The lowest BCUT2D eigenvalue weighted by Crippen LogP contribution is -2.14. The number of rotatable bonds is 3. The molecule has 0 bridgehead atoms. The molecule has 4 heteroatoms. The minimum Gasteiger partial charge on any atom is -0.426 e. The van der Waals surface area contributed by atoms with E-state index in [9.17, 15) is 9.59 Å². The molecule has 1 atom stereocenters. The highest BCUT2D eigenvalue weighted by atomic mass is 16.7. The fourth-order valence-corrected chi connectivity index (χ4v) is 0.326. The van der Waals surface area contributed by atoms with Gasteiger partial charge in [0.05, 0.1) is 0 Å². The zero-order valence-corrected chi connectivity index (χ0v) is 5.21. The molecule has 0 aliphatic heterocycles. The number of carbonyl (C=O) groups excluding carboxylic acids is 2.